The molecule has 0 radical (unpaired) electrons. The van der Waals surface area contributed by atoms with E-state index in [0.717, 1.165) is 11.1 Å². The molecule has 0 aliphatic carbocycles. The van der Waals surface area contributed by atoms with E-state index < -0.39 is 11.7 Å². The van der Waals surface area contributed by atoms with Crippen molar-refractivity contribution >= 4 is 23.5 Å². The Bertz CT molecular complexity index is 508. The van der Waals surface area contributed by atoms with Crippen LogP contribution in [0.4, 0.5) is 16.2 Å². The van der Waals surface area contributed by atoms with E-state index in [4.69, 9.17) is 16.2 Å². The van der Waals surface area contributed by atoms with Crippen LogP contribution >= 0.6 is 0 Å². The zero-order valence-corrected chi connectivity index (χ0v) is 13.2. The number of carbonyl (C=O) groups excluding carboxylic acids is 1. The summed E-state index contributed by atoms with van der Waals surface area (Å²) in [5.74, 6) is 0. The molecule has 0 aliphatic heterocycles. The number of hydrogen-bond donors (Lipinski definition) is 3. The van der Waals surface area contributed by atoms with Gasteiger partial charge in [0.2, 0.25) is 0 Å². The molecule has 116 valence electrons. The zero-order chi connectivity index (χ0) is 16.0. The Kier molecular flexibility index (Phi) is 5.64. The molecule has 1 rings (SSSR count). The van der Waals surface area contributed by atoms with Gasteiger partial charge in [0.15, 0.2) is 0 Å². The van der Waals surface area contributed by atoms with Gasteiger partial charge in [-0.05, 0) is 57.4 Å². The molecule has 1 aromatic carbocycles. The number of amides is 1. The van der Waals surface area contributed by atoms with Crippen LogP contribution in [0.2, 0.25) is 0 Å². The second kappa shape index (κ2) is 7.02. The summed E-state index contributed by atoms with van der Waals surface area (Å²) in [5.41, 5.74) is 14.3. The van der Waals surface area contributed by atoms with Gasteiger partial charge in [-0.15, -0.1) is 0 Å². The number of rotatable bonds is 4. The number of nitrogens with one attached hydrogen (secondary N) is 1. The summed E-state index contributed by atoms with van der Waals surface area (Å²) in [7, 11) is 0. The molecule has 0 saturated heterocycles. The van der Waals surface area contributed by atoms with Crippen molar-refractivity contribution in [2.45, 2.75) is 39.7 Å². The van der Waals surface area contributed by atoms with Crippen LogP contribution in [-0.4, -0.2) is 18.2 Å². The first-order valence-electron chi connectivity index (χ1n) is 6.98. The maximum Gasteiger partial charge on any atom is 0.407 e. The smallest absolute Gasteiger partial charge is 0.407 e. The second-order valence-electron chi connectivity index (χ2n) is 5.96. The summed E-state index contributed by atoms with van der Waals surface area (Å²) in [6.45, 7) is 7.95. The van der Waals surface area contributed by atoms with Crippen LogP contribution in [0.1, 0.15) is 38.3 Å². The van der Waals surface area contributed by atoms with Crippen molar-refractivity contribution in [3.63, 3.8) is 0 Å². The number of nitrogen functional groups attached to an aromatic ring is 2. The second-order valence-corrected chi connectivity index (χ2v) is 5.96. The molecule has 0 bridgehead atoms. The maximum absolute atomic E-state index is 11.4. The van der Waals surface area contributed by atoms with Gasteiger partial charge in [0, 0.05) is 6.54 Å². The predicted octanol–water partition coefficient (Wildman–Crippen LogP) is 3.09. The lowest BCUT2D eigenvalue weighted by Gasteiger charge is -2.19. The average Bonchev–Trinajstić information content (AvgIpc) is 2.33. The summed E-state index contributed by atoms with van der Waals surface area (Å²) < 4.78 is 5.14. The van der Waals surface area contributed by atoms with Gasteiger partial charge in [0.25, 0.3) is 0 Å². The molecule has 5 heteroatoms. The Morgan fingerprint density at radius 3 is 2.57 bits per heavy atom. The van der Waals surface area contributed by atoms with Crippen LogP contribution in [-0.2, 0) is 4.74 Å². The topological polar surface area (TPSA) is 90.4 Å². The van der Waals surface area contributed by atoms with E-state index in [-0.39, 0.29) is 0 Å². The minimum Gasteiger partial charge on any atom is -0.444 e. The SMILES string of the molecule is Cc1cc(C=CCCNC(=O)OC(C)(C)C)cc(N)c1N. The van der Waals surface area contributed by atoms with Crippen LogP contribution in [0.5, 0.6) is 0 Å². The summed E-state index contributed by atoms with van der Waals surface area (Å²) in [6, 6.07) is 3.81. The molecular weight excluding hydrogens is 266 g/mol. The van der Waals surface area contributed by atoms with Gasteiger partial charge < -0.3 is 21.5 Å². The van der Waals surface area contributed by atoms with Gasteiger partial charge in [-0.3, -0.25) is 0 Å². The van der Waals surface area contributed by atoms with E-state index in [9.17, 15) is 4.79 Å². The summed E-state index contributed by atoms with van der Waals surface area (Å²) in [5, 5.41) is 2.70. The number of carbonyl (C=O) groups is 1. The van der Waals surface area contributed by atoms with Crippen molar-refractivity contribution in [1.82, 2.24) is 5.32 Å². The number of hydrogen-bond acceptors (Lipinski definition) is 4. The van der Waals surface area contributed by atoms with Crippen molar-refractivity contribution in [2.24, 2.45) is 0 Å². The lowest BCUT2D eigenvalue weighted by Crippen LogP contribution is -2.32. The Labute approximate surface area is 126 Å². The van der Waals surface area contributed by atoms with E-state index in [1.165, 1.54) is 0 Å². The van der Waals surface area contributed by atoms with Crippen LogP contribution in [0.3, 0.4) is 0 Å². The largest absolute Gasteiger partial charge is 0.444 e. The zero-order valence-electron chi connectivity index (χ0n) is 13.2. The lowest BCUT2D eigenvalue weighted by molar-refractivity contribution is 0.0529. The minimum atomic E-state index is -0.473. The quantitative estimate of drug-likeness (QED) is 0.587. The van der Waals surface area contributed by atoms with Gasteiger partial charge in [0.05, 0.1) is 11.4 Å². The van der Waals surface area contributed by atoms with Gasteiger partial charge >= 0.3 is 6.09 Å². The molecule has 1 amide bonds. The maximum atomic E-state index is 11.4. The lowest BCUT2D eigenvalue weighted by atomic mass is 10.1. The van der Waals surface area contributed by atoms with Crippen LogP contribution in [0.25, 0.3) is 6.08 Å². The van der Waals surface area contributed by atoms with Crippen LogP contribution < -0.4 is 16.8 Å². The van der Waals surface area contributed by atoms with Crippen molar-refractivity contribution in [3.8, 4) is 0 Å². The molecule has 0 saturated carbocycles. The number of anilines is 2. The monoisotopic (exact) mass is 291 g/mol. The average molecular weight is 291 g/mol. The molecule has 0 spiro atoms. The highest BCUT2D eigenvalue weighted by Crippen LogP contribution is 2.22. The fourth-order valence-electron chi connectivity index (χ4n) is 1.74. The van der Waals surface area contributed by atoms with Gasteiger partial charge in [-0.2, -0.15) is 0 Å². The fourth-order valence-corrected chi connectivity index (χ4v) is 1.74. The van der Waals surface area contributed by atoms with Crippen molar-refractivity contribution in [1.29, 1.82) is 0 Å². The molecule has 21 heavy (non-hydrogen) atoms. The molecule has 0 atom stereocenters. The van der Waals surface area contributed by atoms with E-state index in [2.05, 4.69) is 5.32 Å². The Morgan fingerprint density at radius 2 is 2.00 bits per heavy atom. The van der Waals surface area contributed by atoms with Gasteiger partial charge in [-0.25, -0.2) is 4.79 Å². The van der Waals surface area contributed by atoms with Gasteiger partial charge in [0.1, 0.15) is 5.60 Å². The fraction of sp³-hybridized carbons (Fsp3) is 0.438. The van der Waals surface area contributed by atoms with Gasteiger partial charge in [-0.1, -0.05) is 12.2 Å². The normalized spacial score (nSPS) is 11.6. The molecule has 1 aromatic rings. The van der Waals surface area contributed by atoms with Crippen molar-refractivity contribution in [2.75, 3.05) is 18.0 Å². The highest BCUT2D eigenvalue weighted by atomic mass is 16.6. The van der Waals surface area contributed by atoms with Crippen molar-refractivity contribution < 1.29 is 9.53 Å². The van der Waals surface area contributed by atoms with Crippen LogP contribution in [0.15, 0.2) is 18.2 Å². The number of aryl methyl sites for hydroxylation is 1. The Hall–Kier alpha value is -2.17. The first-order chi connectivity index (χ1) is 9.69. The number of alkyl carbamates (subject to hydrolysis) is 1. The first-order valence-corrected chi connectivity index (χ1v) is 6.98. The van der Waals surface area contributed by atoms with E-state index in [1.54, 1.807) is 0 Å². The summed E-state index contributed by atoms with van der Waals surface area (Å²) >= 11 is 0. The highest BCUT2D eigenvalue weighted by molar-refractivity contribution is 5.72. The number of benzene rings is 1. The Morgan fingerprint density at radius 1 is 1.33 bits per heavy atom. The number of nitrogens with two attached hydrogens (primary N) is 2. The van der Waals surface area contributed by atoms with Crippen molar-refractivity contribution in [3.05, 3.63) is 29.3 Å². The minimum absolute atomic E-state index is 0.400. The standard InChI is InChI=1S/C16H25N3O2/c1-11-9-12(10-13(17)14(11)18)7-5-6-8-19-15(20)21-16(2,3)4/h5,7,9-10H,6,8,17-18H2,1-4H3,(H,19,20). The first kappa shape index (κ1) is 16.9. The van der Waals surface area contributed by atoms with Crippen LogP contribution in [0, 0.1) is 6.92 Å². The molecule has 5 nitrogen and oxygen atoms in total. The number of ether oxygens (including phenoxy) is 1. The summed E-state index contributed by atoms with van der Waals surface area (Å²) in [6.07, 6.45) is 4.24. The molecule has 0 aromatic heterocycles. The summed E-state index contributed by atoms with van der Waals surface area (Å²) in [4.78, 5) is 11.4. The molecule has 0 unspecified atom stereocenters. The highest BCUT2D eigenvalue weighted by Gasteiger charge is 2.15. The molecular formula is C16H25N3O2. The van der Waals surface area contributed by atoms with E-state index in [0.29, 0.717) is 24.3 Å². The third-order valence-electron chi connectivity index (χ3n) is 2.73. The molecule has 5 N–H and O–H groups in total. The molecule has 0 fully saturated rings. The third kappa shape index (κ3) is 6.21. The molecule has 0 heterocycles. The van der Waals surface area contributed by atoms with E-state index in [1.807, 2.05) is 52.0 Å². The third-order valence-corrected chi connectivity index (χ3v) is 2.73. The molecule has 0 aliphatic rings. The van der Waals surface area contributed by atoms with E-state index >= 15 is 0 Å². The predicted molar refractivity (Wildman–Crippen MR) is 87.9 cm³/mol. The Balaban J connectivity index is 2.41.